The summed E-state index contributed by atoms with van der Waals surface area (Å²) in [5.74, 6) is 0.488. The van der Waals surface area contributed by atoms with Crippen molar-refractivity contribution in [2.45, 2.75) is 52.5 Å². The van der Waals surface area contributed by atoms with Crippen molar-refractivity contribution in [1.29, 1.82) is 0 Å². The van der Waals surface area contributed by atoms with Crippen LogP contribution in [0.1, 0.15) is 57.0 Å². The van der Waals surface area contributed by atoms with Crippen molar-refractivity contribution in [3.8, 4) is 0 Å². The molecule has 0 saturated carbocycles. The van der Waals surface area contributed by atoms with E-state index < -0.39 is 0 Å². The van der Waals surface area contributed by atoms with Gasteiger partial charge in [-0.05, 0) is 23.3 Å². The molecule has 1 aromatic carbocycles. The van der Waals surface area contributed by atoms with E-state index in [0.29, 0.717) is 5.92 Å². The van der Waals surface area contributed by atoms with Crippen LogP contribution in [-0.2, 0) is 5.41 Å². The fourth-order valence-electron chi connectivity index (χ4n) is 1.96. The van der Waals surface area contributed by atoms with Gasteiger partial charge in [0.15, 0.2) is 5.78 Å². The molecule has 0 spiro atoms. The molecule has 1 rings (SSSR count). The fraction of sp³-hybridized carbons (Fsp3) is 0.562. The summed E-state index contributed by atoms with van der Waals surface area (Å²) in [6.07, 6.45) is 0.736. The molecule has 100 valence electrons. The predicted octanol–water partition coefficient (Wildman–Crippen LogP) is 3.54. The van der Waals surface area contributed by atoms with Crippen LogP contribution in [0.5, 0.6) is 0 Å². The third kappa shape index (κ3) is 3.95. The Morgan fingerprint density at radius 3 is 2.06 bits per heavy atom. The lowest BCUT2D eigenvalue weighted by Crippen LogP contribution is -2.32. The molecule has 18 heavy (non-hydrogen) atoms. The smallest absolute Gasteiger partial charge is 0.179 e. The largest absolute Gasteiger partial charge is 0.321 e. The average Bonchev–Trinajstić information content (AvgIpc) is 2.26. The third-order valence-electron chi connectivity index (χ3n) is 3.10. The first-order chi connectivity index (χ1) is 8.21. The van der Waals surface area contributed by atoms with Gasteiger partial charge >= 0.3 is 0 Å². The zero-order chi connectivity index (χ0) is 13.9. The summed E-state index contributed by atoms with van der Waals surface area (Å²) in [6.45, 7) is 10.6. The SMILES string of the molecule is CC(C)CC(N)C(=O)c1ccc(C(C)(C)C)cc1. The molecule has 0 radical (unpaired) electrons. The van der Waals surface area contributed by atoms with E-state index in [9.17, 15) is 4.79 Å². The van der Waals surface area contributed by atoms with Crippen molar-refractivity contribution in [2.24, 2.45) is 11.7 Å². The minimum Gasteiger partial charge on any atom is -0.321 e. The molecule has 0 heterocycles. The lowest BCUT2D eigenvalue weighted by molar-refractivity contribution is 0.0951. The Balaban J connectivity index is 2.82. The molecule has 0 aliphatic carbocycles. The molecule has 2 N–H and O–H groups in total. The number of nitrogens with two attached hydrogens (primary N) is 1. The van der Waals surface area contributed by atoms with Crippen molar-refractivity contribution in [3.63, 3.8) is 0 Å². The summed E-state index contributed by atoms with van der Waals surface area (Å²) in [5, 5.41) is 0. The summed E-state index contributed by atoms with van der Waals surface area (Å²) >= 11 is 0. The second kappa shape index (κ2) is 5.66. The van der Waals surface area contributed by atoms with E-state index in [2.05, 4.69) is 34.6 Å². The van der Waals surface area contributed by atoms with Crippen LogP contribution in [0.25, 0.3) is 0 Å². The Hall–Kier alpha value is -1.15. The Morgan fingerprint density at radius 2 is 1.67 bits per heavy atom. The molecule has 0 aliphatic rings. The highest BCUT2D eigenvalue weighted by Crippen LogP contribution is 2.22. The molecule has 0 bridgehead atoms. The maximum Gasteiger partial charge on any atom is 0.179 e. The molecule has 2 nitrogen and oxygen atoms in total. The van der Waals surface area contributed by atoms with Crippen LogP contribution in [0.2, 0.25) is 0 Å². The molecular formula is C16H25NO. The zero-order valence-electron chi connectivity index (χ0n) is 12.2. The summed E-state index contributed by atoms with van der Waals surface area (Å²) in [5.41, 5.74) is 7.99. The van der Waals surface area contributed by atoms with Gasteiger partial charge in [0, 0.05) is 5.56 Å². The fourth-order valence-corrected chi connectivity index (χ4v) is 1.96. The molecule has 0 fully saturated rings. The van der Waals surface area contributed by atoms with Gasteiger partial charge < -0.3 is 5.73 Å². The molecule has 1 atom stereocenters. The monoisotopic (exact) mass is 247 g/mol. The lowest BCUT2D eigenvalue weighted by atomic mass is 9.86. The Bertz CT molecular complexity index is 398. The number of carbonyl (C=O) groups is 1. The zero-order valence-corrected chi connectivity index (χ0v) is 12.2. The molecular weight excluding hydrogens is 222 g/mol. The number of rotatable bonds is 4. The predicted molar refractivity (Wildman–Crippen MR) is 76.9 cm³/mol. The van der Waals surface area contributed by atoms with Crippen LogP contribution in [0.15, 0.2) is 24.3 Å². The molecule has 2 heteroatoms. The van der Waals surface area contributed by atoms with Crippen molar-refractivity contribution >= 4 is 5.78 Å². The topological polar surface area (TPSA) is 43.1 Å². The van der Waals surface area contributed by atoms with Gasteiger partial charge in [0.25, 0.3) is 0 Å². The maximum atomic E-state index is 12.1. The summed E-state index contributed by atoms with van der Waals surface area (Å²) in [4.78, 5) is 12.1. The van der Waals surface area contributed by atoms with Gasteiger partial charge in [-0.3, -0.25) is 4.79 Å². The first-order valence-electron chi connectivity index (χ1n) is 6.62. The van der Waals surface area contributed by atoms with E-state index in [1.165, 1.54) is 5.56 Å². The van der Waals surface area contributed by atoms with Crippen LogP contribution in [0.3, 0.4) is 0 Å². The van der Waals surface area contributed by atoms with Crippen LogP contribution in [0, 0.1) is 5.92 Å². The van der Waals surface area contributed by atoms with Gasteiger partial charge in [-0.2, -0.15) is 0 Å². The highest BCUT2D eigenvalue weighted by atomic mass is 16.1. The highest BCUT2D eigenvalue weighted by Gasteiger charge is 2.18. The van der Waals surface area contributed by atoms with Crippen LogP contribution in [-0.4, -0.2) is 11.8 Å². The number of ketones is 1. The first-order valence-corrected chi connectivity index (χ1v) is 6.62. The van der Waals surface area contributed by atoms with Gasteiger partial charge in [-0.15, -0.1) is 0 Å². The number of hydrogen-bond acceptors (Lipinski definition) is 2. The lowest BCUT2D eigenvalue weighted by Gasteiger charge is -2.19. The minimum atomic E-state index is -0.384. The van der Waals surface area contributed by atoms with E-state index >= 15 is 0 Å². The number of hydrogen-bond donors (Lipinski definition) is 1. The second-order valence-corrected chi connectivity index (χ2v) is 6.43. The minimum absolute atomic E-state index is 0.0455. The van der Waals surface area contributed by atoms with Crippen LogP contribution in [0.4, 0.5) is 0 Å². The average molecular weight is 247 g/mol. The highest BCUT2D eigenvalue weighted by molar-refractivity contribution is 5.99. The van der Waals surface area contributed by atoms with Crippen molar-refractivity contribution in [3.05, 3.63) is 35.4 Å². The normalized spacial score (nSPS) is 13.7. The van der Waals surface area contributed by atoms with Gasteiger partial charge in [0.1, 0.15) is 0 Å². The van der Waals surface area contributed by atoms with Crippen LogP contribution >= 0.6 is 0 Å². The first kappa shape index (κ1) is 14.9. The van der Waals surface area contributed by atoms with E-state index in [-0.39, 0.29) is 17.2 Å². The molecule has 0 amide bonds. The van der Waals surface area contributed by atoms with Crippen molar-refractivity contribution < 1.29 is 4.79 Å². The Labute approximate surface area is 111 Å². The summed E-state index contributed by atoms with van der Waals surface area (Å²) < 4.78 is 0. The van der Waals surface area contributed by atoms with Gasteiger partial charge in [-0.1, -0.05) is 58.9 Å². The molecule has 1 aromatic rings. The quantitative estimate of drug-likeness (QED) is 0.827. The van der Waals surface area contributed by atoms with E-state index in [4.69, 9.17) is 5.73 Å². The number of carbonyl (C=O) groups excluding carboxylic acids is 1. The van der Waals surface area contributed by atoms with Gasteiger partial charge in [-0.25, -0.2) is 0 Å². The molecule has 0 aromatic heterocycles. The standard InChI is InChI=1S/C16H25NO/c1-11(2)10-14(17)15(18)12-6-8-13(9-7-12)16(3,4)5/h6-9,11,14H,10,17H2,1-5H3. The van der Waals surface area contributed by atoms with E-state index in [0.717, 1.165) is 12.0 Å². The molecule has 0 aliphatic heterocycles. The van der Waals surface area contributed by atoms with Crippen LogP contribution < -0.4 is 5.73 Å². The van der Waals surface area contributed by atoms with E-state index in [1.807, 2.05) is 24.3 Å². The Morgan fingerprint density at radius 1 is 1.17 bits per heavy atom. The van der Waals surface area contributed by atoms with Crippen molar-refractivity contribution in [1.82, 2.24) is 0 Å². The van der Waals surface area contributed by atoms with Gasteiger partial charge in [0.2, 0.25) is 0 Å². The van der Waals surface area contributed by atoms with E-state index in [1.54, 1.807) is 0 Å². The number of benzene rings is 1. The Kier molecular flexibility index (Phi) is 4.69. The maximum absolute atomic E-state index is 12.1. The molecule has 1 unspecified atom stereocenters. The summed E-state index contributed by atoms with van der Waals surface area (Å²) in [6, 6.07) is 7.45. The van der Waals surface area contributed by atoms with Crippen molar-refractivity contribution in [2.75, 3.05) is 0 Å². The second-order valence-electron chi connectivity index (χ2n) is 6.43. The third-order valence-corrected chi connectivity index (χ3v) is 3.10. The molecule has 0 saturated heterocycles. The number of Topliss-reactive ketones (excluding diaryl/α,β-unsaturated/α-hetero) is 1. The summed E-state index contributed by atoms with van der Waals surface area (Å²) in [7, 11) is 0. The van der Waals surface area contributed by atoms with Gasteiger partial charge in [0.05, 0.1) is 6.04 Å².